The van der Waals surface area contributed by atoms with E-state index in [-0.39, 0.29) is 11.9 Å². The van der Waals surface area contributed by atoms with Gasteiger partial charge >= 0.3 is 0 Å². The molecule has 2 rings (SSSR count). The Labute approximate surface area is 129 Å². The molecule has 0 saturated heterocycles. The van der Waals surface area contributed by atoms with E-state index in [1.54, 1.807) is 0 Å². The zero-order valence-electron chi connectivity index (χ0n) is 12.3. The van der Waals surface area contributed by atoms with Gasteiger partial charge in [-0.1, -0.05) is 29.8 Å². The van der Waals surface area contributed by atoms with E-state index in [1.165, 1.54) is 17.3 Å². The fourth-order valence-corrected chi connectivity index (χ4v) is 2.63. The van der Waals surface area contributed by atoms with Crippen LogP contribution in [-0.2, 0) is 4.79 Å². The first-order valence-electron chi connectivity index (χ1n) is 6.89. The molecule has 0 saturated carbocycles. The van der Waals surface area contributed by atoms with Crippen molar-refractivity contribution in [2.24, 2.45) is 5.73 Å². The summed E-state index contributed by atoms with van der Waals surface area (Å²) in [4.78, 5) is 13.0. The van der Waals surface area contributed by atoms with Crippen LogP contribution in [0.1, 0.15) is 24.1 Å². The van der Waals surface area contributed by atoms with Crippen LogP contribution in [0.25, 0.3) is 0 Å². The fraction of sp³-hybridized carbons (Fsp3) is 0.235. The lowest BCUT2D eigenvalue weighted by molar-refractivity contribution is -0.113. The molecule has 0 aliphatic carbocycles. The number of rotatable bonds is 5. The monoisotopic (exact) mass is 300 g/mol. The van der Waals surface area contributed by atoms with Gasteiger partial charge in [0.15, 0.2) is 0 Å². The molecule has 21 heavy (non-hydrogen) atoms. The van der Waals surface area contributed by atoms with Gasteiger partial charge in [0.1, 0.15) is 0 Å². The van der Waals surface area contributed by atoms with E-state index in [0.717, 1.165) is 16.1 Å². The maximum atomic E-state index is 11.9. The quantitative estimate of drug-likeness (QED) is 0.827. The molecular formula is C17H20N2OS. The number of aryl methyl sites for hydroxylation is 1. The summed E-state index contributed by atoms with van der Waals surface area (Å²) in [7, 11) is 0. The Balaban J connectivity index is 1.89. The molecule has 110 valence electrons. The van der Waals surface area contributed by atoms with Crippen molar-refractivity contribution in [2.45, 2.75) is 24.8 Å². The average Bonchev–Trinajstić information content (AvgIpc) is 2.48. The van der Waals surface area contributed by atoms with Gasteiger partial charge in [-0.2, -0.15) is 0 Å². The summed E-state index contributed by atoms with van der Waals surface area (Å²) < 4.78 is 0. The largest absolute Gasteiger partial charge is 0.325 e. The number of carbonyl (C=O) groups excluding carboxylic acids is 1. The number of hydrogen-bond donors (Lipinski definition) is 2. The van der Waals surface area contributed by atoms with Gasteiger partial charge < -0.3 is 11.1 Å². The Hall–Kier alpha value is -1.78. The molecule has 1 atom stereocenters. The van der Waals surface area contributed by atoms with Gasteiger partial charge in [-0.25, -0.2) is 0 Å². The maximum Gasteiger partial charge on any atom is 0.234 e. The molecule has 2 aromatic carbocycles. The Morgan fingerprint density at radius 1 is 1.24 bits per heavy atom. The topological polar surface area (TPSA) is 55.1 Å². The normalized spacial score (nSPS) is 12.0. The molecule has 4 heteroatoms. The molecule has 0 aromatic heterocycles. The van der Waals surface area contributed by atoms with Crippen LogP contribution in [0, 0.1) is 6.92 Å². The minimum atomic E-state index is -0.00458. The summed E-state index contributed by atoms with van der Waals surface area (Å²) in [6.07, 6.45) is 0. The van der Waals surface area contributed by atoms with Crippen molar-refractivity contribution in [3.8, 4) is 0 Å². The number of nitrogens with one attached hydrogen (secondary N) is 1. The highest BCUT2D eigenvalue weighted by molar-refractivity contribution is 8.00. The molecule has 0 radical (unpaired) electrons. The van der Waals surface area contributed by atoms with Crippen molar-refractivity contribution in [1.82, 2.24) is 0 Å². The number of anilines is 1. The zero-order chi connectivity index (χ0) is 15.2. The third-order valence-electron chi connectivity index (χ3n) is 3.09. The Morgan fingerprint density at radius 3 is 2.62 bits per heavy atom. The van der Waals surface area contributed by atoms with Gasteiger partial charge in [0.2, 0.25) is 5.91 Å². The highest BCUT2D eigenvalue weighted by Gasteiger charge is 2.05. The van der Waals surface area contributed by atoms with Gasteiger partial charge in [0.05, 0.1) is 5.75 Å². The minimum Gasteiger partial charge on any atom is -0.325 e. The van der Waals surface area contributed by atoms with Gasteiger partial charge in [0.25, 0.3) is 0 Å². The van der Waals surface area contributed by atoms with E-state index in [4.69, 9.17) is 5.73 Å². The lowest BCUT2D eigenvalue weighted by atomic mass is 10.1. The molecule has 0 aliphatic heterocycles. The predicted molar refractivity (Wildman–Crippen MR) is 89.6 cm³/mol. The van der Waals surface area contributed by atoms with Crippen molar-refractivity contribution < 1.29 is 4.79 Å². The Kier molecular flexibility index (Phi) is 5.42. The van der Waals surface area contributed by atoms with E-state index in [0.29, 0.717) is 5.75 Å². The molecule has 3 nitrogen and oxygen atoms in total. The molecule has 0 heterocycles. The van der Waals surface area contributed by atoms with Crippen LogP contribution in [0.15, 0.2) is 53.4 Å². The molecule has 0 fully saturated rings. The standard InChI is InChI=1S/C17H20N2OS/c1-12-6-8-15(9-7-12)19-17(20)11-21-16-5-3-4-14(10-16)13(2)18/h3-10,13H,11,18H2,1-2H3,(H,19,20). The highest BCUT2D eigenvalue weighted by atomic mass is 32.2. The molecular weight excluding hydrogens is 280 g/mol. The second-order valence-electron chi connectivity index (χ2n) is 5.06. The summed E-state index contributed by atoms with van der Waals surface area (Å²) in [5, 5.41) is 2.89. The van der Waals surface area contributed by atoms with Crippen molar-refractivity contribution in [2.75, 3.05) is 11.1 Å². The summed E-state index contributed by atoms with van der Waals surface area (Å²) in [5.41, 5.74) is 8.95. The second kappa shape index (κ2) is 7.29. The summed E-state index contributed by atoms with van der Waals surface area (Å²) in [5.74, 6) is 0.381. The van der Waals surface area contributed by atoms with Gasteiger partial charge in [-0.15, -0.1) is 11.8 Å². The Bertz CT molecular complexity index is 608. The molecule has 1 amide bonds. The van der Waals surface area contributed by atoms with Crippen LogP contribution in [0.2, 0.25) is 0 Å². The first-order chi connectivity index (χ1) is 10.0. The number of benzene rings is 2. The van der Waals surface area contributed by atoms with Crippen LogP contribution < -0.4 is 11.1 Å². The van der Waals surface area contributed by atoms with E-state index in [1.807, 2.05) is 62.4 Å². The highest BCUT2D eigenvalue weighted by Crippen LogP contribution is 2.21. The Morgan fingerprint density at radius 2 is 1.95 bits per heavy atom. The summed E-state index contributed by atoms with van der Waals surface area (Å²) in [6, 6.07) is 15.8. The third kappa shape index (κ3) is 4.92. The fourth-order valence-electron chi connectivity index (χ4n) is 1.87. The van der Waals surface area contributed by atoms with Crippen molar-refractivity contribution >= 4 is 23.4 Å². The number of carbonyl (C=O) groups is 1. The smallest absolute Gasteiger partial charge is 0.234 e. The van der Waals surface area contributed by atoms with E-state index in [9.17, 15) is 4.79 Å². The first-order valence-corrected chi connectivity index (χ1v) is 7.88. The van der Waals surface area contributed by atoms with Crippen LogP contribution >= 0.6 is 11.8 Å². The number of amides is 1. The van der Waals surface area contributed by atoms with Crippen molar-refractivity contribution in [3.63, 3.8) is 0 Å². The van der Waals surface area contributed by atoms with Gasteiger partial charge in [0, 0.05) is 16.6 Å². The van der Waals surface area contributed by atoms with E-state index < -0.39 is 0 Å². The van der Waals surface area contributed by atoms with Crippen LogP contribution in [-0.4, -0.2) is 11.7 Å². The molecule has 1 unspecified atom stereocenters. The number of nitrogens with two attached hydrogens (primary N) is 1. The van der Waals surface area contributed by atoms with Crippen LogP contribution in [0.5, 0.6) is 0 Å². The molecule has 3 N–H and O–H groups in total. The van der Waals surface area contributed by atoms with Gasteiger partial charge in [-0.05, 0) is 43.7 Å². The third-order valence-corrected chi connectivity index (χ3v) is 4.08. The van der Waals surface area contributed by atoms with Crippen molar-refractivity contribution in [1.29, 1.82) is 0 Å². The molecule has 0 spiro atoms. The second-order valence-corrected chi connectivity index (χ2v) is 6.11. The molecule has 0 aliphatic rings. The van der Waals surface area contributed by atoms with E-state index in [2.05, 4.69) is 5.32 Å². The number of thioether (sulfide) groups is 1. The SMILES string of the molecule is Cc1ccc(NC(=O)CSc2cccc(C(C)N)c2)cc1. The maximum absolute atomic E-state index is 11.9. The van der Waals surface area contributed by atoms with Crippen molar-refractivity contribution in [3.05, 3.63) is 59.7 Å². The van der Waals surface area contributed by atoms with Crippen LogP contribution in [0.4, 0.5) is 5.69 Å². The average molecular weight is 300 g/mol. The predicted octanol–water partition coefficient (Wildman–Crippen LogP) is 3.75. The van der Waals surface area contributed by atoms with Gasteiger partial charge in [-0.3, -0.25) is 4.79 Å². The lowest BCUT2D eigenvalue weighted by Gasteiger charge is -2.08. The summed E-state index contributed by atoms with van der Waals surface area (Å²) in [6.45, 7) is 3.97. The van der Waals surface area contributed by atoms with E-state index >= 15 is 0 Å². The minimum absolute atomic E-state index is 0.00458. The first kappa shape index (κ1) is 15.6. The zero-order valence-corrected chi connectivity index (χ0v) is 13.1. The number of hydrogen-bond acceptors (Lipinski definition) is 3. The summed E-state index contributed by atoms with van der Waals surface area (Å²) >= 11 is 1.51. The molecule has 0 bridgehead atoms. The lowest BCUT2D eigenvalue weighted by Crippen LogP contribution is -2.13. The molecule has 2 aromatic rings. The van der Waals surface area contributed by atoms with Crippen LogP contribution in [0.3, 0.4) is 0 Å².